The van der Waals surface area contributed by atoms with Gasteiger partial charge in [-0.05, 0) is 48.1 Å². The van der Waals surface area contributed by atoms with Crippen molar-refractivity contribution in [2.75, 3.05) is 26.0 Å². The van der Waals surface area contributed by atoms with E-state index in [1.165, 1.54) is 7.11 Å². The van der Waals surface area contributed by atoms with Crippen molar-refractivity contribution >= 4 is 24.1 Å². The molecule has 1 heterocycles. The number of hydrogen-bond donors (Lipinski definition) is 0. The SMILES string of the molecule is COC(=O)CCN1CCC[C@H](O[Si](C(C)C)(C(C)C)C(C)C)[C@H]1CS(=O)(=O)c1ccccc1. The Morgan fingerprint density at radius 2 is 1.64 bits per heavy atom. The summed E-state index contributed by atoms with van der Waals surface area (Å²) in [6.07, 6.45) is 1.83. The molecule has 0 unspecified atom stereocenters. The molecular weight excluding hydrogens is 454 g/mol. The molecule has 8 heteroatoms. The molecule has 0 radical (unpaired) electrons. The van der Waals surface area contributed by atoms with Gasteiger partial charge in [0.05, 0.1) is 30.3 Å². The fourth-order valence-electron chi connectivity index (χ4n) is 5.67. The number of ether oxygens (including phenoxy) is 1. The van der Waals surface area contributed by atoms with Crippen LogP contribution in [0.1, 0.15) is 60.8 Å². The zero-order valence-electron chi connectivity index (χ0n) is 21.4. The normalized spacial score (nSPS) is 20.5. The van der Waals surface area contributed by atoms with E-state index in [1.54, 1.807) is 24.3 Å². The standard InChI is InChI=1S/C25H43NO5SSi/c1-19(2)33(20(3)4,21(5)6)31-24-14-11-16-26(17-15-25(27)30-7)23(24)18-32(28,29)22-12-9-8-10-13-22/h8-10,12-13,19-21,23-24H,11,14-18H2,1-7H3/t23-,24+/m1/s1. The summed E-state index contributed by atoms with van der Waals surface area (Å²) in [6.45, 7) is 14.7. The van der Waals surface area contributed by atoms with Crippen molar-refractivity contribution in [3.8, 4) is 0 Å². The number of hydrogen-bond acceptors (Lipinski definition) is 6. The Morgan fingerprint density at radius 3 is 2.15 bits per heavy atom. The maximum absolute atomic E-state index is 13.4. The van der Waals surface area contributed by atoms with Gasteiger partial charge in [0.1, 0.15) is 0 Å². The molecule has 2 rings (SSSR count). The number of nitrogens with zero attached hydrogens (tertiary/aromatic N) is 1. The number of benzene rings is 1. The van der Waals surface area contributed by atoms with Gasteiger partial charge in [-0.1, -0.05) is 59.7 Å². The number of rotatable bonds is 11. The monoisotopic (exact) mass is 497 g/mol. The van der Waals surface area contributed by atoms with Gasteiger partial charge >= 0.3 is 5.97 Å². The first-order chi connectivity index (χ1) is 15.5. The summed E-state index contributed by atoms with van der Waals surface area (Å²) in [5.74, 6) is -0.292. The van der Waals surface area contributed by atoms with E-state index in [9.17, 15) is 13.2 Å². The van der Waals surface area contributed by atoms with Crippen LogP contribution in [0.15, 0.2) is 35.2 Å². The molecule has 1 saturated heterocycles. The largest absolute Gasteiger partial charge is 0.469 e. The van der Waals surface area contributed by atoms with Crippen molar-refractivity contribution in [3.63, 3.8) is 0 Å². The van der Waals surface area contributed by atoms with Gasteiger partial charge in [0.2, 0.25) is 8.32 Å². The predicted molar refractivity (Wildman–Crippen MR) is 136 cm³/mol. The first-order valence-electron chi connectivity index (χ1n) is 12.2. The van der Waals surface area contributed by atoms with Crippen LogP contribution in [0.4, 0.5) is 0 Å². The molecular formula is C25H43NO5SSi. The van der Waals surface area contributed by atoms with Crippen LogP contribution in [0.3, 0.4) is 0 Å². The Labute approximate surface area is 202 Å². The maximum atomic E-state index is 13.4. The third-order valence-electron chi connectivity index (χ3n) is 7.22. The van der Waals surface area contributed by atoms with Crippen LogP contribution in [0.5, 0.6) is 0 Å². The number of sulfone groups is 1. The van der Waals surface area contributed by atoms with Crippen molar-refractivity contribution in [2.24, 2.45) is 0 Å². The van der Waals surface area contributed by atoms with Crippen LogP contribution < -0.4 is 0 Å². The lowest BCUT2D eigenvalue weighted by atomic mass is 10.00. The summed E-state index contributed by atoms with van der Waals surface area (Å²) in [5.41, 5.74) is 1.23. The molecule has 1 aromatic rings. The van der Waals surface area contributed by atoms with Crippen LogP contribution in [-0.2, 0) is 23.8 Å². The number of carbonyl (C=O) groups excluding carboxylic acids is 1. The van der Waals surface area contributed by atoms with E-state index in [2.05, 4.69) is 46.4 Å². The van der Waals surface area contributed by atoms with Crippen LogP contribution in [0.2, 0.25) is 16.6 Å². The van der Waals surface area contributed by atoms with E-state index in [0.29, 0.717) is 28.1 Å². The zero-order valence-corrected chi connectivity index (χ0v) is 23.2. The van der Waals surface area contributed by atoms with Gasteiger partial charge in [-0.3, -0.25) is 9.69 Å². The summed E-state index contributed by atoms with van der Waals surface area (Å²) < 4.78 is 38.8. The number of likely N-dealkylation sites (tertiary alicyclic amines) is 1. The van der Waals surface area contributed by atoms with Crippen molar-refractivity contribution in [1.29, 1.82) is 0 Å². The molecule has 1 aromatic carbocycles. The second-order valence-electron chi connectivity index (χ2n) is 10.1. The summed E-state index contributed by atoms with van der Waals surface area (Å²) in [4.78, 5) is 14.3. The Balaban J connectivity index is 2.42. The number of carbonyl (C=O) groups is 1. The predicted octanol–water partition coefficient (Wildman–Crippen LogP) is 5.05. The lowest BCUT2D eigenvalue weighted by Crippen LogP contribution is -2.59. The van der Waals surface area contributed by atoms with Gasteiger partial charge in [0, 0.05) is 12.6 Å². The molecule has 1 aliphatic rings. The van der Waals surface area contributed by atoms with Crippen LogP contribution in [0, 0.1) is 0 Å². The van der Waals surface area contributed by atoms with Gasteiger partial charge in [-0.15, -0.1) is 0 Å². The highest BCUT2D eigenvalue weighted by atomic mass is 32.2. The maximum Gasteiger partial charge on any atom is 0.306 e. The van der Waals surface area contributed by atoms with E-state index >= 15 is 0 Å². The minimum Gasteiger partial charge on any atom is -0.469 e. The van der Waals surface area contributed by atoms with Gasteiger partial charge in [-0.2, -0.15) is 0 Å². The topological polar surface area (TPSA) is 72.9 Å². The first kappa shape index (κ1) is 28.0. The number of piperidine rings is 1. The highest BCUT2D eigenvalue weighted by Crippen LogP contribution is 2.44. The molecule has 2 atom stereocenters. The van der Waals surface area contributed by atoms with Crippen LogP contribution >= 0.6 is 0 Å². The van der Waals surface area contributed by atoms with E-state index in [0.717, 1.165) is 19.4 Å². The second-order valence-corrected chi connectivity index (χ2v) is 17.6. The highest BCUT2D eigenvalue weighted by Gasteiger charge is 2.49. The van der Waals surface area contributed by atoms with E-state index in [1.807, 2.05) is 6.07 Å². The smallest absolute Gasteiger partial charge is 0.306 e. The van der Waals surface area contributed by atoms with Crippen molar-refractivity contribution < 1.29 is 22.4 Å². The Morgan fingerprint density at radius 1 is 1.06 bits per heavy atom. The molecule has 1 aliphatic heterocycles. The average Bonchev–Trinajstić information content (AvgIpc) is 2.76. The number of methoxy groups -OCH3 is 1. The van der Waals surface area contributed by atoms with E-state index < -0.39 is 18.2 Å². The highest BCUT2D eigenvalue weighted by molar-refractivity contribution is 7.91. The third-order valence-corrected chi connectivity index (χ3v) is 15.1. The summed E-state index contributed by atoms with van der Waals surface area (Å²) in [7, 11) is -4.33. The molecule has 0 aliphatic carbocycles. The minimum absolute atomic E-state index is 0.0123. The van der Waals surface area contributed by atoms with Gasteiger partial charge in [0.15, 0.2) is 9.84 Å². The summed E-state index contributed by atoms with van der Waals surface area (Å²) in [5, 5.41) is 0. The average molecular weight is 498 g/mol. The molecule has 0 amide bonds. The van der Waals surface area contributed by atoms with Crippen LogP contribution in [0.25, 0.3) is 0 Å². The Kier molecular flexibility index (Phi) is 10.1. The summed E-state index contributed by atoms with van der Waals surface area (Å²) >= 11 is 0. The molecule has 0 bridgehead atoms. The van der Waals surface area contributed by atoms with E-state index in [-0.39, 0.29) is 30.3 Å². The zero-order chi connectivity index (χ0) is 24.8. The second kappa shape index (κ2) is 12.0. The van der Waals surface area contributed by atoms with Crippen molar-refractivity contribution in [3.05, 3.63) is 30.3 Å². The molecule has 33 heavy (non-hydrogen) atoms. The fourth-order valence-corrected chi connectivity index (χ4v) is 12.9. The lowest BCUT2D eigenvalue weighted by Gasteiger charge is -2.49. The molecule has 0 N–H and O–H groups in total. The van der Waals surface area contributed by atoms with E-state index in [4.69, 9.17) is 9.16 Å². The summed E-state index contributed by atoms with van der Waals surface area (Å²) in [6, 6.07) is 8.35. The molecule has 0 aromatic heterocycles. The van der Waals surface area contributed by atoms with Gasteiger partial charge in [-0.25, -0.2) is 8.42 Å². The molecule has 188 valence electrons. The third kappa shape index (κ3) is 6.68. The first-order valence-corrected chi connectivity index (χ1v) is 16.0. The number of esters is 1. The van der Waals surface area contributed by atoms with Crippen LogP contribution in [-0.4, -0.2) is 65.7 Å². The molecule has 1 fully saturated rings. The quantitative estimate of drug-likeness (QED) is 0.315. The molecule has 0 saturated carbocycles. The van der Waals surface area contributed by atoms with Gasteiger partial charge in [0.25, 0.3) is 0 Å². The van der Waals surface area contributed by atoms with Crippen molar-refractivity contribution in [1.82, 2.24) is 4.90 Å². The Bertz CT molecular complexity index is 835. The molecule has 6 nitrogen and oxygen atoms in total. The minimum atomic E-state index is -3.51. The fraction of sp³-hybridized carbons (Fsp3) is 0.720. The van der Waals surface area contributed by atoms with Crippen molar-refractivity contribution in [2.45, 2.75) is 94.5 Å². The Hall–Kier alpha value is -1.22. The van der Waals surface area contributed by atoms with Gasteiger partial charge < -0.3 is 9.16 Å². The lowest BCUT2D eigenvalue weighted by molar-refractivity contribution is -0.141. The molecule has 0 spiro atoms.